The highest BCUT2D eigenvalue weighted by Crippen LogP contribution is 1.97. The van der Waals surface area contributed by atoms with E-state index in [1.165, 1.54) is 10.6 Å². The number of aryl methyl sites for hydroxylation is 1. The predicted octanol–water partition coefficient (Wildman–Crippen LogP) is 0.979. The molecule has 16 heavy (non-hydrogen) atoms. The molecule has 2 N–H and O–H groups in total. The van der Waals surface area contributed by atoms with Crippen LogP contribution in [0.5, 0.6) is 0 Å². The van der Waals surface area contributed by atoms with Crippen molar-refractivity contribution in [2.75, 3.05) is 17.2 Å². The molecule has 0 aliphatic heterocycles. The van der Waals surface area contributed by atoms with Crippen LogP contribution in [0, 0.1) is 0 Å². The predicted molar refractivity (Wildman–Crippen MR) is 67.9 cm³/mol. The molecule has 0 saturated heterocycles. The minimum Gasteiger partial charge on any atom is -0.398 e. The lowest BCUT2D eigenvalue weighted by molar-refractivity contribution is 0.666. The van der Waals surface area contributed by atoms with Crippen molar-refractivity contribution in [1.82, 2.24) is 4.57 Å². The molecule has 1 rings (SSSR count). The maximum atomic E-state index is 11.5. The molecule has 4 nitrogen and oxygen atoms in total. The summed E-state index contributed by atoms with van der Waals surface area (Å²) >= 11 is 0. The fraction of sp³-hybridized carbons (Fsp3) is 0.545. The molecule has 1 atom stereocenters. The van der Waals surface area contributed by atoms with Crippen molar-refractivity contribution in [3.63, 3.8) is 0 Å². The highest BCUT2D eigenvalue weighted by atomic mass is 32.2. The van der Waals surface area contributed by atoms with Crippen LogP contribution < -0.4 is 11.3 Å². The van der Waals surface area contributed by atoms with Gasteiger partial charge in [-0.1, -0.05) is 13.3 Å². The maximum absolute atomic E-state index is 11.5. The Balaban J connectivity index is 2.51. The molecule has 1 heterocycles. The third-order valence-electron chi connectivity index (χ3n) is 2.29. The average Bonchev–Trinajstić information content (AvgIpc) is 2.27. The first-order valence-corrected chi connectivity index (χ1v) is 6.93. The molecule has 90 valence electrons. The van der Waals surface area contributed by atoms with Crippen LogP contribution >= 0.6 is 0 Å². The van der Waals surface area contributed by atoms with Gasteiger partial charge in [-0.3, -0.25) is 9.00 Å². The van der Waals surface area contributed by atoms with Crippen LogP contribution in [0.2, 0.25) is 0 Å². The summed E-state index contributed by atoms with van der Waals surface area (Å²) in [4.78, 5) is 11.4. The lowest BCUT2D eigenvalue weighted by atomic mass is 10.4. The largest absolute Gasteiger partial charge is 0.398 e. The van der Waals surface area contributed by atoms with Crippen molar-refractivity contribution in [2.24, 2.45) is 0 Å². The molecule has 0 spiro atoms. The average molecular weight is 242 g/mol. The van der Waals surface area contributed by atoms with E-state index < -0.39 is 10.8 Å². The lowest BCUT2D eigenvalue weighted by Crippen LogP contribution is -2.22. The molecule has 0 aromatic carbocycles. The minimum atomic E-state index is -0.836. The van der Waals surface area contributed by atoms with Crippen molar-refractivity contribution in [1.29, 1.82) is 0 Å². The van der Waals surface area contributed by atoms with E-state index in [9.17, 15) is 9.00 Å². The Morgan fingerprint density at radius 3 is 2.81 bits per heavy atom. The summed E-state index contributed by atoms with van der Waals surface area (Å²) in [6.45, 7) is 2.54. The van der Waals surface area contributed by atoms with Crippen LogP contribution in [0.15, 0.2) is 23.1 Å². The number of pyridine rings is 1. The zero-order chi connectivity index (χ0) is 12.0. The fourth-order valence-electron chi connectivity index (χ4n) is 1.33. The summed E-state index contributed by atoms with van der Waals surface area (Å²) in [5.41, 5.74) is 6.04. The highest BCUT2D eigenvalue weighted by molar-refractivity contribution is 7.84. The van der Waals surface area contributed by atoms with Gasteiger partial charge < -0.3 is 10.3 Å². The third-order valence-corrected chi connectivity index (χ3v) is 3.67. The molecule has 5 heteroatoms. The van der Waals surface area contributed by atoms with E-state index in [1.54, 1.807) is 12.3 Å². The van der Waals surface area contributed by atoms with E-state index in [2.05, 4.69) is 6.92 Å². The molecule has 0 amide bonds. The highest BCUT2D eigenvalue weighted by Gasteiger charge is 2.01. The van der Waals surface area contributed by atoms with Gasteiger partial charge in [0.05, 0.1) is 0 Å². The third kappa shape index (κ3) is 4.18. The summed E-state index contributed by atoms with van der Waals surface area (Å²) in [6, 6.07) is 3.01. The zero-order valence-corrected chi connectivity index (χ0v) is 10.3. The van der Waals surface area contributed by atoms with Crippen LogP contribution in [-0.2, 0) is 17.3 Å². The number of hydrogen-bond acceptors (Lipinski definition) is 3. The van der Waals surface area contributed by atoms with Gasteiger partial charge in [-0.2, -0.15) is 0 Å². The van der Waals surface area contributed by atoms with Gasteiger partial charge in [-0.15, -0.1) is 0 Å². The molecule has 1 aromatic heterocycles. The second kappa shape index (κ2) is 6.48. The first kappa shape index (κ1) is 13.0. The summed E-state index contributed by atoms with van der Waals surface area (Å²) in [5, 5.41) is 0. The lowest BCUT2D eigenvalue weighted by Gasteiger charge is -2.06. The van der Waals surface area contributed by atoms with Gasteiger partial charge in [-0.05, 0) is 12.5 Å². The maximum Gasteiger partial charge on any atom is 0.250 e. The Kier molecular flexibility index (Phi) is 5.25. The number of nitrogens with zero attached hydrogens (tertiary/aromatic N) is 1. The SMILES string of the molecule is CCCCS(=O)CCn1cc(N)ccc1=O. The summed E-state index contributed by atoms with van der Waals surface area (Å²) in [5.74, 6) is 1.23. The topological polar surface area (TPSA) is 65.1 Å². The van der Waals surface area contributed by atoms with Crippen LogP contribution in [0.3, 0.4) is 0 Å². The number of nitrogens with two attached hydrogens (primary N) is 1. The van der Waals surface area contributed by atoms with Crippen molar-refractivity contribution in [2.45, 2.75) is 26.3 Å². The standard InChI is InChI=1S/C11H18N2O2S/c1-2-3-7-16(15)8-6-13-9-10(12)4-5-11(13)14/h4-5,9H,2-3,6-8,12H2,1H3. The van der Waals surface area contributed by atoms with Crippen LogP contribution in [0.1, 0.15) is 19.8 Å². The number of aromatic nitrogens is 1. The molecular formula is C11H18N2O2S. The molecule has 0 saturated carbocycles. The molecule has 1 aromatic rings. The number of anilines is 1. The smallest absolute Gasteiger partial charge is 0.250 e. The summed E-state index contributed by atoms with van der Waals surface area (Å²) in [6.07, 6.45) is 3.61. The summed E-state index contributed by atoms with van der Waals surface area (Å²) in [7, 11) is -0.836. The van der Waals surface area contributed by atoms with E-state index >= 15 is 0 Å². The minimum absolute atomic E-state index is 0.0957. The molecule has 0 bridgehead atoms. The van der Waals surface area contributed by atoms with Crippen molar-refractivity contribution >= 4 is 16.5 Å². The first-order valence-electron chi connectivity index (χ1n) is 5.44. The van der Waals surface area contributed by atoms with Gasteiger partial charge in [0.2, 0.25) is 0 Å². The van der Waals surface area contributed by atoms with Crippen LogP contribution in [0.4, 0.5) is 5.69 Å². The van der Waals surface area contributed by atoms with Crippen molar-refractivity contribution in [3.8, 4) is 0 Å². The number of unbranched alkanes of at least 4 members (excludes halogenated alkanes) is 1. The molecule has 0 fully saturated rings. The second-order valence-corrected chi connectivity index (χ2v) is 5.39. The van der Waals surface area contributed by atoms with E-state index in [4.69, 9.17) is 5.73 Å². The van der Waals surface area contributed by atoms with E-state index in [-0.39, 0.29) is 5.56 Å². The Morgan fingerprint density at radius 1 is 1.38 bits per heavy atom. The van der Waals surface area contributed by atoms with E-state index in [1.807, 2.05) is 0 Å². The van der Waals surface area contributed by atoms with Gasteiger partial charge in [0.25, 0.3) is 5.56 Å². The monoisotopic (exact) mass is 242 g/mol. The van der Waals surface area contributed by atoms with Gasteiger partial charge in [0, 0.05) is 46.8 Å². The van der Waals surface area contributed by atoms with Crippen molar-refractivity contribution in [3.05, 3.63) is 28.7 Å². The summed E-state index contributed by atoms with van der Waals surface area (Å²) < 4.78 is 13.0. The van der Waals surface area contributed by atoms with E-state index in [0.717, 1.165) is 12.8 Å². The number of nitrogen functional groups attached to an aromatic ring is 1. The van der Waals surface area contributed by atoms with Gasteiger partial charge in [0.15, 0.2) is 0 Å². The van der Waals surface area contributed by atoms with Gasteiger partial charge in [0.1, 0.15) is 0 Å². The van der Waals surface area contributed by atoms with Crippen LogP contribution in [-0.4, -0.2) is 20.3 Å². The Hall–Kier alpha value is -1.10. The Bertz CT molecular complexity index is 415. The normalized spacial score (nSPS) is 12.6. The van der Waals surface area contributed by atoms with Gasteiger partial charge >= 0.3 is 0 Å². The van der Waals surface area contributed by atoms with Gasteiger partial charge in [-0.25, -0.2) is 0 Å². The van der Waals surface area contributed by atoms with E-state index in [0.29, 0.717) is 23.7 Å². The Morgan fingerprint density at radius 2 is 2.12 bits per heavy atom. The molecular weight excluding hydrogens is 224 g/mol. The number of rotatable bonds is 6. The molecule has 0 radical (unpaired) electrons. The molecule has 1 unspecified atom stereocenters. The quantitative estimate of drug-likeness (QED) is 0.808. The van der Waals surface area contributed by atoms with Crippen LogP contribution in [0.25, 0.3) is 0 Å². The molecule has 0 aliphatic rings. The Labute approximate surface area is 97.9 Å². The van der Waals surface area contributed by atoms with Crippen molar-refractivity contribution < 1.29 is 4.21 Å². The fourth-order valence-corrected chi connectivity index (χ4v) is 2.55. The number of hydrogen-bond donors (Lipinski definition) is 1. The zero-order valence-electron chi connectivity index (χ0n) is 9.52. The second-order valence-electron chi connectivity index (χ2n) is 3.70. The molecule has 0 aliphatic carbocycles. The first-order chi connectivity index (χ1) is 7.63.